The van der Waals surface area contributed by atoms with E-state index in [0.29, 0.717) is 12.1 Å². The third-order valence-corrected chi connectivity index (χ3v) is 3.74. The predicted octanol–water partition coefficient (Wildman–Crippen LogP) is 2.14. The molecule has 0 unspecified atom stereocenters. The van der Waals surface area contributed by atoms with Gasteiger partial charge in [0, 0.05) is 19.3 Å². The lowest BCUT2D eigenvalue weighted by Gasteiger charge is -2.35. The van der Waals surface area contributed by atoms with Crippen molar-refractivity contribution in [1.82, 2.24) is 0 Å². The maximum absolute atomic E-state index is 5.78. The molecule has 0 saturated carbocycles. The molecule has 1 aliphatic rings. The first-order chi connectivity index (χ1) is 8.55. The topological polar surface area (TPSA) is 25.8 Å². The molecule has 0 aromatic heterocycles. The van der Waals surface area contributed by atoms with Crippen LogP contribution in [0.15, 0.2) is 30.3 Å². The van der Waals surface area contributed by atoms with Gasteiger partial charge in [-0.25, -0.2) is 0 Å². The molecule has 2 N–H and O–H groups in total. The average molecular weight is 248 g/mol. The van der Waals surface area contributed by atoms with Crippen molar-refractivity contribution >= 4 is 0 Å². The standard InChI is InChI=1S/C16H25NO/c1-13(11-14-7-5-4-6-8-14)17-15-9-10-18-16(2,3)12-15/h4-8,13,15,17H,9-12H2,1-3H3/p+1/t13-,15-/m0/s1. The Labute approximate surface area is 111 Å². The van der Waals surface area contributed by atoms with Crippen LogP contribution < -0.4 is 5.32 Å². The van der Waals surface area contributed by atoms with Crippen molar-refractivity contribution in [2.24, 2.45) is 0 Å². The Morgan fingerprint density at radius 1 is 1.33 bits per heavy atom. The maximum Gasteiger partial charge on any atom is 0.0911 e. The second-order valence-electron chi connectivity index (χ2n) is 6.22. The number of hydrogen-bond acceptors (Lipinski definition) is 1. The molecule has 1 aliphatic heterocycles. The zero-order chi connectivity index (χ0) is 13.0. The molecule has 2 heteroatoms. The van der Waals surface area contributed by atoms with E-state index in [1.54, 1.807) is 0 Å². The van der Waals surface area contributed by atoms with Crippen molar-refractivity contribution in [2.45, 2.75) is 57.7 Å². The SMILES string of the molecule is C[C@@H](Cc1ccccc1)[NH2+][C@H]1CCOC(C)(C)C1. The molecule has 0 spiro atoms. The molecule has 0 bridgehead atoms. The summed E-state index contributed by atoms with van der Waals surface area (Å²) in [5, 5.41) is 2.54. The van der Waals surface area contributed by atoms with E-state index in [-0.39, 0.29) is 5.60 Å². The van der Waals surface area contributed by atoms with Crippen LogP contribution in [0.25, 0.3) is 0 Å². The van der Waals surface area contributed by atoms with Gasteiger partial charge in [-0.2, -0.15) is 0 Å². The Morgan fingerprint density at radius 3 is 2.72 bits per heavy atom. The zero-order valence-corrected chi connectivity index (χ0v) is 11.9. The van der Waals surface area contributed by atoms with Gasteiger partial charge in [0.1, 0.15) is 0 Å². The first-order valence-electron chi connectivity index (χ1n) is 7.08. The van der Waals surface area contributed by atoms with Gasteiger partial charge in [0.25, 0.3) is 0 Å². The molecule has 100 valence electrons. The van der Waals surface area contributed by atoms with Crippen molar-refractivity contribution < 1.29 is 10.1 Å². The third-order valence-electron chi connectivity index (χ3n) is 3.74. The van der Waals surface area contributed by atoms with E-state index in [1.165, 1.54) is 12.0 Å². The van der Waals surface area contributed by atoms with E-state index in [4.69, 9.17) is 4.74 Å². The normalized spacial score (nSPS) is 24.7. The van der Waals surface area contributed by atoms with Gasteiger partial charge in [0.15, 0.2) is 0 Å². The molecule has 1 aromatic carbocycles. The molecule has 1 saturated heterocycles. The number of nitrogens with two attached hydrogens (primary N) is 1. The summed E-state index contributed by atoms with van der Waals surface area (Å²) in [5.74, 6) is 0. The third kappa shape index (κ3) is 4.11. The van der Waals surface area contributed by atoms with E-state index in [1.807, 2.05) is 0 Å². The molecule has 2 nitrogen and oxygen atoms in total. The molecular weight excluding hydrogens is 222 g/mol. The second kappa shape index (κ2) is 5.85. The largest absolute Gasteiger partial charge is 0.375 e. The fraction of sp³-hybridized carbons (Fsp3) is 0.625. The molecule has 1 aromatic rings. The summed E-state index contributed by atoms with van der Waals surface area (Å²) < 4.78 is 5.78. The van der Waals surface area contributed by atoms with Gasteiger partial charge < -0.3 is 10.1 Å². The Hall–Kier alpha value is -0.860. The van der Waals surface area contributed by atoms with Crippen LogP contribution in [0.4, 0.5) is 0 Å². The fourth-order valence-corrected chi connectivity index (χ4v) is 2.96. The zero-order valence-electron chi connectivity index (χ0n) is 11.9. The first-order valence-corrected chi connectivity index (χ1v) is 7.08. The number of benzene rings is 1. The summed E-state index contributed by atoms with van der Waals surface area (Å²) in [6.07, 6.45) is 3.49. The van der Waals surface area contributed by atoms with Crippen molar-refractivity contribution in [3.63, 3.8) is 0 Å². The lowest BCUT2D eigenvalue weighted by molar-refractivity contribution is -0.723. The summed E-state index contributed by atoms with van der Waals surface area (Å²) in [4.78, 5) is 0. The first kappa shape index (κ1) is 13.6. The molecule has 2 atom stereocenters. The quantitative estimate of drug-likeness (QED) is 0.868. The van der Waals surface area contributed by atoms with Crippen molar-refractivity contribution in [3.05, 3.63) is 35.9 Å². The van der Waals surface area contributed by atoms with E-state index in [0.717, 1.165) is 19.4 Å². The summed E-state index contributed by atoms with van der Waals surface area (Å²) in [5.41, 5.74) is 1.50. The highest BCUT2D eigenvalue weighted by atomic mass is 16.5. The Balaban J connectivity index is 1.82. The van der Waals surface area contributed by atoms with Crippen LogP contribution in [0.1, 0.15) is 39.2 Å². The molecule has 0 radical (unpaired) electrons. The highest BCUT2D eigenvalue weighted by molar-refractivity contribution is 5.15. The van der Waals surface area contributed by atoms with Crippen LogP contribution in [0.2, 0.25) is 0 Å². The fourth-order valence-electron chi connectivity index (χ4n) is 2.96. The molecule has 0 amide bonds. The Morgan fingerprint density at radius 2 is 2.06 bits per heavy atom. The minimum absolute atomic E-state index is 0.0614. The van der Waals surface area contributed by atoms with Crippen LogP contribution in [-0.2, 0) is 11.2 Å². The van der Waals surface area contributed by atoms with E-state index in [9.17, 15) is 0 Å². The second-order valence-corrected chi connectivity index (χ2v) is 6.22. The molecule has 0 aliphatic carbocycles. The number of quaternary nitrogens is 1. The smallest absolute Gasteiger partial charge is 0.0911 e. The summed E-state index contributed by atoms with van der Waals surface area (Å²) in [7, 11) is 0. The molecule has 18 heavy (non-hydrogen) atoms. The minimum Gasteiger partial charge on any atom is -0.375 e. The van der Waals surface area contributed by atoms with Gasteiger partial charge in [0.05, 0.1) is 24.3 Å². The van der Waals surface area contributed by atoms with E-state index < -0.39 is 0 Å². The Kier molecular flexibility index (Phi) is 4.41. The van der Waals surface area contributed by atoms with Gasteiger partial charge in [0.2, 0.25) is 0 Å². The average Bonchev–Trinajstić information content (AvgIpc) is 2.28. The van der Waals surface area contributed by atoms with E-state index >= 15 is 0 Å². The molecule has 2 rings (SSSR count). The van der Waals surface area contributed by atoms with E-state index in [2.05, 4.69) is 56.4 Å². The predicted molar refractivity (Wildman–Crippen MR) is 74.6 cm³/mol. The lowest BCUT2D eigenvalue weighted by Crippen LogP contribution is -2.95. The maximum atomic E-state index is 5.78. The van der Waals surface area contributed by atoms with Gasteiger partial charge in [-0.3, -0.25) is 0 Å². The van der Waals surface area contributed by atoms with Crippen LogP contribution in [0.3, 0.4) is 0 Å². The highest BCUT2D eigenvalue weighted by Gasteiger charge is 2.31. The number of ether oxygens (including phenoxy) is 1. The van der Waals surface area contributed by atoms with Crippen molar-refractivity contribution in [3.8, 4) is 0 Å². The van der Waals surface area contributed by atoms with Crippen LogP contribution >= 0.6 is 0 Å². The monoisotopic (exact) mass is 248 g/mol. The highest BCUT2D eigenvalue weighted by Crippen LogP contribution is 2.22. The van der Waals surface area contributed by atoms with Gasteiger partial charge in [-0.15, -0.1) is 0 Å². The summed E-state index contributed by atoms with van der Waals surface area (Å²) in [6.45, 7) is 7.64. The minimum atomic E-state index is 0.0614. The van der Waals surface area contributed by atoms with Gasteiger partial charge >= 0.3 is 0 Å². The molecular formula is C16H26NO+. The lowest BCUT2D eigenvalue weighted by atomic mass is 9.93. The molecule has 1 fully saturated rings. The summed E-state index contributed by atoms with van der Waals surface area (Å²) in [6, 6.07) is 12.1. The van der Waals surface area contributed by atoms with Crippen molar-refractivity contribution in [1.29, 1.82) is 0 Å². The Bertz CT molecular complexity index is 361. The van der Waals surface area contributed by atoms with Crippen LogP contribution in [0.5, 0.6) is 0 Å². The van der Waals surface area contributed by atoms with Gasteiger partial charge in [-0.05, 0) is 26.3 Å². The summed E-state index contributed by atoms with van der Waals surface area (Å²) >= 11 is 0. The number of hydrogen-bond donors (Lipinski definition) is 1. The van der Waals surface area contributed by atoms with Gasteiger partial charge in [-0.1, -0.05) is 30.3 Å². The van der Waals surface area contributed by atoms with Crippen LogP contribution in [-0.4, -0.2) is 24.3 Å². The molecule has 1 heterocycles. The van der Waals surface area contributed by atoms with Crippen LogP contribution in [0, 0.1) is 0 Å². The van der Waals surface area contributed by atoms with Crippen molar-refractivity contribution in [2.75, 3.05) is 6.61 Å². The number of rotatable bonds is 4.